The Morgan fingerprint density at radius 1 is 1.57 bits per heavy atom. The second-order valence-electron chi connectivity index (χ2n) is 1.02. The van der Waals surface area contributed by atoms with Crippen LogP contribution in [0.25, 0.3) is 0 Å². The van der Waals surface area contributed by atoms with Crippen LogP contribution in [-0.2, 0) is 4.79 Å². The summed E-state index contributed by atoms with van der Waals surface area (Å²) in [5, 5.41) is 7.42. The molecule has 0 aliphatic heterocycles. The zero-order valence-corrected chi connectivity index (χ0v) is 7.71. The van der Waals surface area contributed by atoms with Gasteiger partial charge in [0, 0.05) is 6.92 Å². The van der Waals surface area contributed by atoms with E-state index in [2.05, 4.69) is 9.88 Å². The van der Waals surface area contributed by atoms with Crippen LogP contribution in [-0.4, -0.2) is 32.2 Å². The third-order valence-electron chi connectivity index (χ3n) is 0. The van der Waals surface area contributed by atoms with E-state index in [1.807, 2.05) is 0 Å². The molecular formula is C4H10O2Sn. The van der Waals surface area contributed by atoms with E-state index in [-0.39, 0.29) is 21.1 Å². The van der Waals surface area contributed by atoms with Crippen LogP contribution in [0.3, 0.4) is 0 Å². The number of aliphatic carboxylic acids is 1. The van der Waals surface area contributed by atoms with Gasteiger partial charge in [-0.05, 0) is 0 Å². The molecule has 42 valence electrons. The molecule has 0 unspecified atom stereocenters. The van der Waals surface area contributed by atoms with Crippen molar-refractivity contribution in [3.63, 3.8) is 0 Å². The van der Waals surface area contributed by atoms with E-state index in [0.29, 0.717) is 0 Å². The SMILES string of the molecule is CC(=O)O.[CH3][Sn][CH3]. The van der Waals surface area contributed by atoms with Gasteiger partial charge in [-0.1, -0.05) is 0 Å². The molecule has 0 bridgehead atoms. The summed E-state index contributed by atoms with van der Waals surface area (Å²) in [5.41, 5.74) is 0. The van der Waals surface area contributed by atoms with Crippen molar-refractivity contribution in [1.29, 1.82) is 0 Å². The van der Waals surface area contributed by atoms with E-state index in [9.17, 15) is 0 Å². The molecule has 0 aliphatic rings. The second kappa shape index (κ2) is 9.55. The Bertz CT molecular complexity index is 41.0. The van der Waals surface area contributed by atoms with Crippen LogP contribution in [0.4, 0.5) is 0 Å². The molecule has 0 saturated heterocycles. The van der Waals surface area contributed by atoms with Gasteiger partial charge in [0.05, 0.1) is 0 Å². The third-order valence-corrected chi connectivity index (χ3v) is 0. The van der Waals surface area contributed by atoms with Gasteiger partial charge in [-0.15, -0.1) is 0 Å². The van der Waals surface area contributed by atoms with Crippen molar-refractivity contribution >= 4 is 27.1 Å². The van der Waals surface area contributed by atoms with E-state index in [4.69, 9.17) is 9.90 Å². The molecule has 0 rings (SSSR count). The fraction of sp³-hybridized carbons (Fsp3) is 0.750. The molecule has 0 atom stereocenters. The van der Waals surface area contributed by atoms with Crippen LogP contribution in [0.15, 0.2) is 0 Å². The van der Waals surface area contributed by atoms with Gasteiger partial charge in [-0.2, -0.15) is 0 Å². The fourth-order valence-electron chi connectivity index (χ4n) is 0. The van der Waals surface area contributed by atoms with Crippen molar-refractivity contribution in [2.24, 2.45) is 0 Å². The Balaban J connectivity index is 0. The average molecular weight is 209 g/mol. The summed E-state index contributed by atoms with van der Waals surface area (Å²) in [7, 11) is 0. The normalized spacial score (nSPS) is 6.14. The first-order valence-corrected chi connectivity index (χ1v) is 7.64. The Kier molecular flexibility index (Phi) is 14.0. The minimum atomic E-state index is -0.833. The van der Waals surface area contributed by atoms with Crippen LogP contribution in [0.5, 0.6) is 0 Å². The van der Waals surface area contributed by atoms with Gasteiger partial charge in [-0.25, -0.2) is 0 Å². The second-order valence-corrected chi connectivity index (χ2v) is 3.87. The van der Waals surface area contributed by atoms with Crippen LogP contribution in [0, 0.1) is 0 Å². The molecule has 7 heavy (non-hydrogen) atoms. The van der Waals surface area contributed by atoms with Crippen LogP contribution in [0.2, 0.25) is 9.88 Å². The number of carboxylic acids is 1. The van der Waals surface area contributed by atoms with Gasteiger partial charge >= 0.3 is 31.0 Å². The summed E-state index contributed by atoms with van der Waals surface area (Å²) in [5.74, 6) is -0.833. The summed E-state index contributed by atoms with van der Waals surface area (Å²) in [6.45, 7) is 1.08. The predicted molar refractivity (Wildman–Crippen MR) is 30.8 cm³/mol. The van der Waals surface area contributed by atoms with E-state index in [0.717, 1.165) is 6.92 Å². The molecule has 1 N–H and O–H groups in total. The summed E-state index contributed by atoms with van der Waals surface area (Å²) >= 11 is 0.230. The molecule has 2 radical (unpaired) electrons. The molecule has 0 aromatic carbocycles. The number of rotatable bonds is 0. The van der Waals surface area contributed by atoms with Crippen molar-refractivity contribution in [2.75, 3.05) is 0 Å². The molecule has 2 nitrogen and oxygen atoms in total. The Morgan fingerprint density at radius 2 is 1.57 bits per heavy atom. The first-order chi connectivity index (χ1) is 3.15. The molecule has 0 aromatic heterocycles. The maximum absolute atomic E-state index is 9.00. The summed E-state index contributed by atoms with van der Waals surface area (Å²) < 4.78 is 0. The Morgan fingerprint density at radius 3 is 1.57 bits per heavy atom. The zero-order valence-electron chi connectivity index (χ0n) is 4.86. The molecule has 3 heteroatoms. The van der Waals surface area contributed by atoms with E-state index in [1.54, 1.807) is 0 Å². The summed E-state index contributed by atoms with van der Waals surface area (Å²) in [4.78, 5) is 13.6. The number of carbonyl (C=O) groups is 1. The molecule has 0 aromatic rings. The monoisotopic (exact) mass is 210 g/mol. The number of carboxylic acid groups (broad SMARTS) is 1. The van der Waals surface area contributed by atoms with Gasteiger partial charge in [0.15, 0.2) is 0 Å². The van der Waals surface area contributed by atoms with Crippen molar-refractivity contribution in [1.82, 2.24) is 0 Å². The molecule has 0 spiro atoms. The quantitative estimate of drug-likeness (QED) is 0.601. The van der Waals surface area contributed by atoms with Gasteiger partial charge < -0.3 is 5.11 Å². The topological polar surface area (TPSA) is 37.3 Å². The van der Waals surface area contributed by atoms with Crippen LogP contribution < -0.4 is 0 Å². The standard InChI is InChI=1S/C2H4O2.2CH3.Sn/c1-2(3)4;;;/h1H3,(H,3,4);2*1H3;. The van der Waals surface area contributed by atoms with E-state index < -0.39 is 5.97 Å². The minimum absolute atomic E-state index is 0.230. The molecule has 0 saturated carbocycles. The average Bonchev–Trinajstić information content (AvgIpc) is 1.33. The third kappa shape index (κ3) is 1580. The maximum atomic E-state index is 9.00. The van der Waals surface area contributed by atoms with Crippen molar-refractivity contribution in [3.05, 3.63) is 0 Å². The van der Waals surface area contributed by atoms with E-state index >= 15 is 0 Å². The number of hydrogen-bond donors (Lipinski definition) is 1. The van der Waals surface area contributed by atoms with Gasteiger partial charge in [-0.3, -0.25) is 4.79 Å². The Labute approximate surface area is 54.1 Å². The van der Waals surface area contributed by atoms with Crippen molar-refractivity contribution in [2.45, 2.75) is 16.8 Å². The molecule has 0 aliphatic carbocycles. The summed E-state index contributed by atoms with van der Waals surface area (Å²) in [6, 6.07) is 0. The van der Waals surface area contributed by atoms with Gasteiger partial charge in [0.2, 0.25) is 0 Å². The van der Waals surface area contributed by atoms with Crippen LogP contribution >= 0.6 is 0 Å². The Hall–Kier alpha value is 0.269. The molecule has 0 fully saturated rings. The van der Waals surface area contributed by atoms with Crippen molar-refractivity contribution < 1.29 is 9.90 Å². The molecular weight excluding hydrogens is 199 g/mol. The van der Waals surface area contributed by atoms with Crippen molar-refractivity contribution in [3.8, 4) is 0 Å². The van der Waals surface area contributed by atoms with E-state index in [1.165, 1.54) is 0 Å². The predicted octanol–water partition coefficient (Wildman–Crippen LogP) is 0.878. The van der Waals surface area contributed by atoms with Gasteiger partial charge in [0.25, 0.3) is 5.97 Å². The first-order valence-electron chi connectivity index (χ1n) is 1.93. The summed E-state index contributed by atoms with van der Waals surface area (Å²) in [6.07, 6.45) is 0. The first kappa shape index (κ1) is 10.3. The zero-order chi connectivity index (χ0) is 6.28. The molecule has 0 heterocycles. The molecule has 0 amide bonds. The van der Waals surface area contributed by atoms with Crippen LogP contribution in [0.1, 0.15) is 6.92 Å². The fourth-order valence-corrected chi connectivity index (χ4v) is 0. The van der Waals surface area contributed by atoms with Gasteiger partial charge in [0.1, 0.15) is 0 Å². The number of hydrogen-bond acceptors (Lipinski definition) is 1.